The molecular weight excluding hydrogens is 373 g/mol. The highest BCUT2D eigenvalue weighted by Gasteiger charge is 2.37. The summed E-state index contributed by atoms with van der Waals surface area (Å²) in [7, 11) is -0.0429. The molecule has 2 aliphatic rings. The van der Waals surface area contributed by atoms with E-state index in [0.717, 1.165) is 13.1 Å². The van der Waals surface area contributed by atoms with Crippen LogP contribution in [0.4, 0.5) is 10.1 Å². The van der Waals surface area contributed by atoms with Crippen molar-refractivity contribution in [2.24, 2.45) is 0 Å². The van der Waals surface area contributed by atoms with Crippen molar-refractivity contribution >= 4 is 15.7 Å². The van der Waals surface area contributed by atoms with E-state index < -0.39 is 10.0 Å². The highest BCUT2D eigenvalue weighted by atomic mass is 32.2. The largest absolute Gasteiger partial charge is 0.378 e. The van der Waals surface area contributed by atoms with Crippen molar-refractivity contribution in [3.8, 4) is 0 Å². The van der Waals surface area contributed by atoms with Crippen molar-refractivity contribution in [3.05, 3.63) is 30.1 Å². The van der Waals surface area contributed by atoms with Crippen LogP contribution in [0.3, 0.4) is 0 Å². The summed E-state index contributed by atoms with van der Waals surface area (Å²) in [5.74, 6) is -0.132. The zero-order valence-corrected chi connectivity index (χ0v) is 16.6. The summed E-state index contributed by atoms with van der Waals surface area (Å²) in [6.07, 6.45) is 0.550. The number of hydrogen-bond donors (Lipinski definition) is 1. The van der Waals surface area contributed by atoms with Gasteiger partial charge in [0.25, 0.3) is 0 Å². The lowest BCUT2D eigenvalue weighted by molar-refractivity contribution is -0.00461. The summed E-state index contributed by atoms with van der Waals surface area (Å²) >= 11 is 0. The third-order valence-electron chi connectivity index (χ3n) is 4.94. The molecule has 1 aromatic carbocycles. The molecular formula is C18H28FN3O4S. The van der Waals surface area contributed by atoms with Gasteiger partial charge in [-0.15, -0.1) is 0 Å². The summed E-state index contributed by atoms with van der Waals surface area (Å²) in [6.45, 7) is 3.15. The highest BCUT2D eigenvalue weighted by molar-refractivity contribution is 7.89. The van der Waals surface area contributed by atoms with Crippen molar-refractivity contribution in [1.82, 2.24) is 9.21 Å². The third kappa shape index (κ3) is 5.61. The van der Waals surface area contributed by atoms with Crippen LogP contribution >= 0.6 is 0 Å². The molecule has 2 fully saturated rings. The second-order valence-electron chi connectivity index (χ2n) is 7.31. The molecule has 2 aliphatic heterocycles. The third-order valence-corrected chi connectivity index (χ3v) is 6.86. The van der Waals surface area contributed by atoms with E-state index in [0.29, 0.717) is 31.9 Å². The van der Waals surface area contributed by atoms with E-state index >= 15 is 0 Å². The number of likely N-dealkylation sites (tertiary alicyclic amines) is 1. The Bertz CT molecular complexity index is 715. The van der Waals surface area contributed by atoms with Crippen molar-refractivity contribution in [2.75, 3.05) is 58.0 Å². The van der Waals surface area contributed by atoms with E-state index in [1.807, 2.05) is 6.07 Å². The number of sulfonamides is 1. The van der Waals surface area contributed by atoms with Gasteiger partial charge in [0, 0.05) is 32.9 Å². The normalized spacial score (nSPS) is 24.7. The van der Waals surface area contributed by atoms with Crippen LogP contribution in [-0.4, -0.2) is 88.6 Å². The molecule has 2 saturated heterocycles. The number of nitrogens with one attached hydrogen (secondary N) is 1. The SMILES string of the molecule is CN(C)S(=O)(=O)CCCN1C[C@@H]2OCC(Nc3cccc(F)c3)CO[C@H]2C1. The van der Waals surface area contributed by atoms with E-state index in [2.05, 4.69) is 10.2 Å². The van der Waals surface area contributed by atoms with E-state index in [4.69, 9.17) is 9.47 Å². The van der Waals surface area contributed by atoms with Gasteiger partial charge in [-0.05, 0) is 31.2 Å². The van der Waals surface area contributed by atoms with Crippen LogP contribution in [0, 0.1) is 5.82 Å². The Kier molecular flexibility index (Phi) is 6.69. The van der Waals surface area contributed by atoms with Gasteiger partial charge in [-0.25, -0.2) is 17.1 Å². The van der Waals surface area contributed by atoms with Crippen LogP contribution in [0.15, 0.2) is 24.3 Å². The predicted molar refractivity (Wildman–Crippen MR) is 102 cm³/mol. The summed E-state index contributed by atoms with van der Waals surface area (Å²) in [6, 6.07) is 6.32. The maximum absolute atomic E-state index is 13.3. The van der Waals surface area contributed by atoms with E-state index in [1.54, 1.807) is 20.2 Å². The molecule has 0 saturated carbocycles. The molecule has 0 bridgehead atoms. The van der Waals surface area contributed by atoms with Gasteiger partial charge in [0.1, 0.15) is 5.82 Å². The molecule has 0 unspecified atom stereocenters. The summed E-state index contributed by atoms with van der Waals surface area (Å²) < 4.78 is 50.3. The summed E-state index contributed by atoms with van der Waals surface area (Å²) in [5.41, 5.74) is 0.711. The fourth-order valence-corrected chi connectivity index (χ4v) is 4.26. The van der Waals surface area contributed by atoms with Gasteiger partial charge in [0.2, 0.25) is 10.0 Å². The summed E-state index contributed by atoms with van der Waals surface area (Å²) in [5, 5.41) is 3.25. The van der Waals surface area contributed by atoms with Gasteiger partial charge in [0.15, 0.2) is 0 Å². The molecule has 152 valence electrons. The maximum atomic E-state index is 13.3. The van der Waals surface area contributed by atoms with E-state index in [9.17, 15) is 12.8 Å². The van der Waals surface area contributed by atoms with Crippen LogP contribution < -0.4 is 5.32 Å². The Balaban J connectivity index is 1.44. The topological polar surface area (TPSA) is 71.1 Å². The number of halogens is 1. The number of fused-ring (bicyclic) bond motifs is 1. The minimum absolute atomic E-state index is 0.0187. The van der Waals surface area contributed by atoms with Gasteiger partial charge < -0.3 is 14.8 Å². The van der Waals surface area contributed by atoms with Gasteiger partial charge >= 0.3 is 0 Å². The Morgan fingerprint density at radius 2 is 1.89 bits per heavy atom. The fourth-order valence-electron chi connectivity index (χ4n) is 3.40. The molecule has 2 atom stereocenters. The first kappa shape index (κ1) is 20.5. The molecule has 0 spiro atoms. The van der Waals surface area contributed by atoms with Crippen LogP contribution in [0.25, 0.3) is 0 Å². The second kappa shape index (κ2) is 8.83. The van der Waals surface area contributed by atoms with Gasteiger partial charge in [0.05, 0.1) is 37.2 Å². The van der Waals surface area contributed by atoms with Gasteiger partial charge in [-0.2, -0.15) is 0 Å². The van der Waals surface area contributed by atoms with Crippen LogP contribution in [0.2, 0.25) is 0 Å². The lowest BCUT2D eigenvalue weighted by Gasteiger charge is -2.20. The Morgan fingerprint density at radius 1 is 1.22 bits per heavy atom. The first-order valence-corrected chi connectivity index (χ1v) is 10.8. The minimum Gasteiger partial charge on any atom is -0.378 e. The van der Waals surface area contributed by atoms with Gasteiger partial charge in [-0.3, -0.25) is 4.90 Å². The molecule has 2 heterocycles. The van der Waals surface area contributed by atoms with Gasteiger partial charge in [-0.1, -0.05) is 6.07 Å². The van der Waals surface area contributed by atoms with Crippen molar-refractivity contribution in [2.45, 2.75) is 24.7 Å². The average molecular weight is 402 g/mol. The zero-order valence-electron chi connectivity index (χ0n) is 15.8. The molecule has 1 N–H and O–H groups in total. The smallest absolute Gasteiger partial charge is 0.213 e. The van der Waals surface area contributed by atoms with Crippen LogP contribution in [-0.2, 0) is 19.5 Å². The number of ether oxygens (including phenoxy) is 2. The minimum atomic E-state index is -3.15. The fraction of sp³-hybridized carbons (Fsp3) is 0.667. The van der Waals surface area contributed by atoms with E-state index in [1.165, 1.54) is 16.4 Å². The Hall–Kier alpha value is -1.26. The summed E-state index contributed by atoms with van der Waals surface area (Å²) in [4.78, 5) is 2.20. The lowest BCUT2D eigenvalue weighted by atomic mass is 10.2. The first-order valence-electron chi connectivity index (χ1n) is 9.21. The molecule has 9 heteroatoms. The molecule has 1 aromatic rings. The Labute approximate surface area is 160 Å². The maximum Gasteiger partial charge on any atom is 0.213 e. The molecule has 3 rings (SSSR count). The molecule has 0 aromatic heterocycles. The standard InChI is InChI=1S/C18H28FN3O4S/c1-21(2)27(23,24)8-4-7-22-10-17-18(11-22)26-13-16(12-25-17)20-15-6-3-5-14(19)9-15/h3,5-6,9,16-18,20H,4,7-8,10-13H2,1-2H3/t17-,18-/m0/s1. The molecule has 0 radical (unpaired) electrons. The molecule has 0 amide bonds. The number of anilines is 1. The van der Waals surface area contributed by atoms with Crippen molar-refractivity contribution in [3.63, 3.8) is 0 Å². The molecule has 27 heavy (non-hydrogen) atoms. The lowest BCUT2D eigenvalue weighted by Crippen LogP contribution is -2.32. The zero-order chi connectivity index (χ0) is 19.4. The van der Waals surface area contributed by atoms with Crippen LogP contribution in [0.5, 0.6) is 0 Å². The molecule has 0 aliphatic carbocycles. The van der Waals surface area contributed by atoms with Crippen LogP contribution in [0.1, 0.15) is 6.42 Å². The Morgan fingerprint density at radius 3 is 2.48 bits per heavy atom. The second-order valence-corrected chi connectivity index (χ2v) is 9.61. The first-order chi connectivity index (χ1) is 12.8. The number of nitrogens with zero attached hydrogens (tertiary/aromatic N) is 2. The monoisotopic (exact) mass is 401 g/mol. The van der Waals surface area contributed by atoms with Crippen molar-refractivity contribution < 1.29 is 22.3 Å². The highest BCUT2D eigenvalue weighted by Crippen LogP contribution is 2.22. The number of benzene rings is 1. The predicted octanol–water partition coefficient (Wildman–Crippen LogP) is 0.987. The van der Waals surface area contributed by atoms with E-state index in [-0.39, 0.29) is 29.8 Å². The quantitative estimate of drug-likeness (QED) is 0.735. The molecule has 7 nitrogen and oxygen atoms in total. The van der Waals surface area contributed by atoms with Crippen molar-refractivity contribution in [1.29, 1.82) is 0 Å². The average Bonchev–Trinajstić information content (AvgIpc) is 2.90. The number of rotatable bonds is 7. The number of hydrogen-bond acceptors (Lipinski definition) is 6.